The Morgan fingerprint density at radius 3 is 2.43 bits per heavy atom. The van der Waals surface area contributed by atoms with Gasteiger partial charge in [-0.15, -0.1) is 5.10 Å². The third-order valence-electron chi connectivity index (χ3n) is 2.23. The minimum Gasteiger partial charge on any atom is -0.369 e. The molecule has 0 heterocycles. The zero-order valence-corrected chi connectivity index (χ0v) is 8.94. The Morgan fingerprint density at radius 2 is 1.86 bits per heavy atom. The van der Waals surface area contributed by atoms with Crippen LogP contribution < -0.4 is 22.2 Å². The number of guanidine groups is 1. The summed E-state index contributed by atoms with van der Waals surface area (Å²) in [7, 11) is 0. The van der Waals surface area contributed by atoms with Crippen LogP contribution in [0.3, 0.4) is 0 Å². The van der Waals surface area contributed by atoms with Crippen LogP contribution in [0, 0.1) is 0 Å². The molecule has 14 heavy (non-hydrogen) atoms. The van der Waals surface area contributed by atoms with E-state index in [2.05, 4.69) is 15.8 Å². The molecule has 1 aliphatic carbocycles. The molecule has 0 aromatic carbocycles. The van der Waals surface area contributed by atoms with Crippen LogP contribution in [0.15, 0.2) is 5.10 Å². The average molecular weight is 215 g/mol. The number of hydrogen-bond donors (Lipinski definition) is 4. The Labute approximate surface area is 89.3 Å². The first-order valence-electron chi connectivity index (χ1n) is 4.83. The van der Waals surface area contributed by atoms with Crippen molar-refractivity contribution < 1.29 is 0 Å². The van der Waals surface area contributed by atoms with Gasteiger partial charge in [0, 0.05) is 6.04 Å². The molecule has 0 aromatic rings. The average Bonchev–Trinajstić information content (AvgIpc) is 2.16. The van der Waals surface area contributed by atoms with Crippen molar-refractivity contribution in [3.05, 3.63) is 0 Å². The number of nitrogens with zero attached hydrogens (tertiary/aromatic N) is 1. The zero-order valence-electron chi connectivity index (χ0n) is 8.12. The Hall–Kier alpha value is -1.04. The van der Waals surface area contributed by atoms with Crippen molar-refractivity contribution in [2.45, 2.75) is 38.1 Å². The molecule has 1 aliphatic rings. The summed E-state index contributed by atoms with van der Waals surface area (Å²) in [5.74, 6) is -0.0159. The van der Waals surface area contributed by atoms with E-state index in [-0.39, 0.29) is 5.96 Å². The molecule has 0 saturated heterocycles. The number of nitrogens with one attached hydrogen (secondary N) is 2. The Morgan fingerprint density at radius 1 is 1.21 bits per heavy atom. The lowest BCUT2D eigenvalue weighted by Gasteiger charge is -2.23. The number of hydrogen-bond acceptors (Lipinski definition) is 2. The highest BCUT2D eigenvalue weighted by atomic mass is 32.1. The smallest absolute Gasteiger partial charge is 0.208 e. The maximum atomic E-state index is 5.15. The van der Waals surface area contributed by atoms with Crippen molar-refractivity contribution in [2.24, 2.45) is 16.6 Å². The van der Waals surface area contributed by atoms with E-state index in [0.717, 1.165) is 0 Å². The van der Waals surface area contributed by atoms with Gasteiger partial charge in [-0.2, -0.15) is 0 Å². The van der Waals surface area contributed by atoms with Gasteiger partial charge in [0.2, 0.25) is 5.96 Å². The van der Waals surface area contributed by atoms with Crippen LogP contribution in [0.1, 0.15) is 32.1 Å². The van der Waals surface area contributed by atoms with E-state index in [0.29, 0.717) is 11.2 Å². The molecule has 1 fully saturated rings. The van der Waals surface area contributed by atoms with Crippen molar-refractivity contribution in [2.75, 3.05) is 0 Å². The fraction of sp³-hybridized carbons (Fsp3) is 0.750. The lowest BCUT2D eigenvalue weighted by Crippen LogP contribution is -2.42. The van der Waals surface area contributed by atoms with Gasteiger partial charge < -0.3 is 16.8 Å². The minimum absolute atomic E-state index is 0.0159. The van der Waals surface area contributed by atoms with E-state index in [9.17, 15) is 0 Å². The molecule has 6 N–H and O–H groups in total. The quantitative estimate of drug-likeness (QED) is 0.225. The molecule has 1 rings (SSSR count). The minimum atomic E-state index is -0.0159. The fourth-order valence-corrected chi connectivity index (χ4v) is 1.79. The lowest BCUT2D eigenvalue weighted by atomic mass is 9.96. The molecule has 0 aromatic heterocycles. The Balaban J connectivity index is 2.22. The summed E-state index contributed by atoms with van der Waals surface area (Å²) in [4.78, 5) is 0. The normalized spacial score (nSPS) is 17.1. The predicted molar refractivity (Wildman–Crippen MR) is 61.6 cm³/mol. The Bertz CT molecular complexity index is 218. The van der Waals surface area contributed by atoms with Gasteiger partial charge in [0.05, 0.1) is 0 Å². The standard InChI is InChI=1S/C8H17N5S/c9-7(10)12-13-8(14)11-6-4-2-1-3-5-6/h6H,1-5H2,(H4,9,10,12)(H2,11,13,14). The van der Waals surface area contributed by atoms with E-state index in [1.807, 2.05) is 0 Å². The number of hydrazone groups is 1. The number of nitrogens with two attached hydrogens (primary N) is 2. The van der Waals surface area contributed by atoms with Crippen molar-refractivity contribution >= 4 is 23.3 Å². The van der Waals surface area contributed by atoms with E-state index >= 15 is 0 Å². The van der Waals surface area contributed by atoms with Crippen molar-refractivity contribution in [3.8, 4) is 0 Å². The number of rotatable bonds is 2. The molecule has 6 heteroatoms. The van der Waals surface area contributed by atoms with Crippen LogP contribution in [0.4, 0.5) is 0 Å². The van der Waals surface area contributed by atoms with Crippen LogP contribution in [0.2, 0.25) is 0 Å². The summed E-state index contributed by atoms with van der Waals surface area (Å²) in [6.45, 7) is 0. The van der Waals surface area contributed by atoms with Crippen LogP contribution in [-0.2, 0) is 0 Å². The van der Waals surface area contributed by atoms with E-state index < -0.39 is 0 Å². The third kappa shape index (κ3) is 4.27. The molecule has 0 amide bonds. The predicted octanol–water partition coefficient (Wildman–Crippen LogP) is -0.0284. The SMILES string of the molecule is NC(N)=NNC(=S)NC1CCCCC1. The van der Waals surface area contributed by atoms with Gasteiger partial charge in [0.1, 0.15) is 0 Å². The monoisotopic (exact) mass is 215 g/mol. The third-order valence-corrected chi connectivity index (χ3v) is 2.44. The first kappa shape index (κ1) is 11.0. The van der Waals surface area contributed by atoms with Gasteiger partial charge in [0.15, 0.2) is 5.11 Å². The fourth-order valence-electron chi connectivity index (χ4n) is 1.58. The topological polar surface area (TPSA) is 88.5 Å². The maximum absolute atomic E-state index is 5.15. The summed E-state index contributed by atoms with van der Waals surface area (Å²) in [6, 6.07) is 0.470. The van der Waals surface area contributed by atoms with Gasteiger partial charge in [-0.05, 0) is 25.1 Å². The molecule has 0 unspecified atom stereocenters. The van der Waals surface area contributed by atoms with E-state index in [4.69, 9.17) is 23.7 Å². The summed E-state index contributed by atoms with van der Waals surface area (Å²) in [6.07, 6.45) is 6.20. The van der Waals surface area contributed by atoms with E-state index in [1.165, 1.54) is 32.1 Å². The maximum Gasteiger partial charge on any atom is 0.208 e. The van der Waals surface area contributed by atoms with Crippen LogP contribution in [-0.4, -0.2) is 17.1 Å². The first-order valence-corrected chi connectivity index (χ1v) is 5.24. The summed E-state index contributed by atoms with van der Waals surface area (Å²) in [5, 5.41) is 7.28. The van der Waals surface area contributed by atoms with Crippen LogP contribution in [0.25, 0.3) is 0 Å². The lowest BCUT2D eigenvalue weighted by molar-refractivity contribution is 0.412. The van der Waals surface area contributed by atoms with Gasteiger partial charge in [0.25, 0.3) is 0 Å². The second-order valence-electron chi connectivity index (χ2n) is 3.46. The van der Waals surface area contributed by atoms with Gasteiger partial charge in [-0.1, -0.05) is 19.3 Å². The molecule has 1 saturated carbocycles. The molecular weight excluding hydrogens is 198 g/mol. The molecule has 0 bridgehead atoms. The van der Waals surface area contributed by atoms with Crippen molar-refractivity contribution in [1.82, 2.24) is 10.7 Å². The molecular formula is C8H17N5S. The molecule has 80 valence electrons. The second-order valence-corrected chi connectivity index (χ2v) is 3.87. The Kier molecular flexibility index (Phi) is 4.45. The van der Waals surface area contributed by atoms with Crippen LogP contribution >= 0.6 is 12.2 Å². The highest BCUT2D eigenvalue weighted by Crippen LogP contribution is 2.16. The van der Waals surface area contributed by atoms with Gasteiger partial charge >= 0.3 is 0 Å². The summed E-state index contributed by atoms with van der Waals surface area (Å²) < 4.78 is 0. The zero-order chi connectivity index (χ0) is 10.4. The molecule has 0 atom stereocenters. The van der Waals surface area contributed by atoms with Crippen molar-refractivity contribution in [3.63, 3.8) is 0 Å². The van der Waals surface area contributed by atoms with Gasteiger partial charge in [-0.3, -0.25) is 5.43 Å². The van der Waals surface area contributed by atoms with E-state index in [1.54, 1.807) is 0 Å². The molecule has 0 aliphatic heterocycles. The number of thiocarbonyl (C=S) groups is 1. The highest BCUT2D eigenvalue weighted by Gasteiger charge is 2.13. The summed E-state index contributed by atoms with van der Waals surface area (Å²) >= 11 is 5.01. The molecule has 0 radical (unpaired) electrons. The molecule has 5 nitrogen and oxygen atoms in total. The largest absolute Gasteiger partial charge is 0.369 e. The van der Waals surface area contributed by atoms with Crippen molar-refractivity contribution in [1.29, 1.82) is 0 Å². The van der Waals surface area contributed by atoms with Crippen LogP contribution in [0.5, 0.6) is 0 Å². The highest BCUT2D eigenvalue weighted by molar-refractivity contribution is 7.80. The molecule has 0 spiro atoms. The summed E-state index contributed by atoms with van der Waals surface area (Å²) in [5.41, 5.74) is 12.9. The van der Waals surface area contributed by atoms with Gasteiger partial charge in [-0.25, -0.2) is 0 Å². The first-order chi connectivity index (χ1) is 6.68. The second kappa shape index (κ2) is 5.64.